The standard InChI is InChI=1S/C19H21N3O4/c1-12(17(23)25-11-13-7-5-4-6-8-13)22-16-14(9-10-15(20)21-16)26-19(2,3)18(22)24/h4-10,12H,11H2,1-3H3,(H2,20,21). The summed E-state index contributed by atoms with van der Waals surface area (Å²) in [6, 6.07) is 11.7. The monoisotopic (exact) mass is 355 g/mol. The topological polar surface area (TPSA) is 94.8 Å². The summed E-state index contributed by atoms with van der Waals surface area (Å²) in [5.41, 5.74) is 5.49. The summed E-state index contributed by atoms with van der Waals surface area (Å²) in [5, 5.41) is 0. The molecule has 1 atom stereocenters. The zero-order valence-electron chi connectivity index (χ0n) is 14.9. The summed E-state index contributed by atoms with van der Waals surface area (Å²) >= 11 is 0. The third-order valence-corrected chi connectivity index (χ3v) is 4.14. The largest absolute Gasteiger partial charge is 0.474 e. The van der Waals surface area contributed by atoms with Crippen LogP contribution in [0.5, 0.6) is 5.75 Å². The molecule has 7 nitrogen and oxygen atoms in total. The number of nitrogens with two attached hydrogens (primary N) is 1. The number of hydrogen-bond donors (Lipinski definition) is 1. The molecule has 1 amide bonds. The predicted octanol–water partition coefficient (Wildman–Crippen LogP) is 2.30. The van der Waals surface area contributed by atoms with Gasteiger partial charge < -0.3 is 15.2 Å². The van der Waals surface area contributed by atoms with E-state index < -0.39 is 17.6 Å². The van der Waals surface area contributed by atoms with Crippen LogP contribution in [0.1, 0.15) is 26.3 Å². The first kappa shape index (κ1) is 17.7. The molecule has 2 N–H and O–H groups in total. The second-order valence-electron chi connectivity index (χ2n) is 6.61. The highest BCUT2D eigenvalue weighted by Crippen LogP contribution is 2.38. The van der Waals surface area contributed by atoms with Crippen molar-refractivity contribution in [2.75, 3.05) is 10.6 Å². The number of fused-ring (bicyclic) bond motifs is 1. The molecule has 2 aromatic rings. The Morgan fingerprint density at radius 1 is 1.27 bits per heavy atom. The summed E-state index contributed by atoms with van der Waals surface area (Å²) in [6.45, 7) is 5.01. The minimum Gasteiger partial charge on any atom is -0.474 e. The lowest BCUT2D eigenvalue weighted by atomic mass is 10.0. The Kier molecular flexibility index (Phi) is 4.54. The number of esters is 1. The minimum atomic E-state index is -1.13. The maximum atomic E-state index is 12.9. The Balaban J connectivity index is 1.85. The minimum absolute atomic E-state index is 0.128. The van der Waals surface area contributed by atoms with Gasteiger partial charge in [-0.3, -0.25) is 9.69 Å². The van der Waals surface area contributed by atoms with Gasteiger partial charge in [0.05, 0.1) is 0 Å². The van der Waals surface area contributed by atoms with Crippen molar-refractivity contribution < 1.29 is 19.1 Å². The van der Waals surface area contributed by atoms with Crippen LogP contribution in [0, 0.1) is 0 Å². The van der Waals surface area contributed by atoms with Gasteiger partial charge >= 0.3 is 5.97 Å². The van der Waals surface area contributed by atoms with Crippen molar-refractivity contribution in [3.8, 4) is 5.75 Å². The Morgan fingerprint density at radius 2 is 1.96 bits per heavy atom. The van der Waals surface area contributed by atoms with E-state index in [2.05, 4.69) is 4.98 Å². The van der Waals surface area contributed by atoms with Gasteiger partial charge in [-0.15, -0.1) is 0 Å². The molecule has 2 heterocycles. The molecule has 0 fully saturated rings. The third kappa shape index (κ3) is 3.33. The molecule has 0 aliphatic carbocycles. The van der Waals surface area contributed by atoms with Crippen molar-refractivity contribution in [3.63, 3.8) is 0 Å². The van der Waals surface area contributed by atoms with Crippen LogP contribution in [0.15, 0.2) is 42.5 Å². The second-order valence-corrected chi connectivity index (χ2v) is 6.61. The van der Waals surface area contributed by atoms with Crippen LogP contribution in [0.25, 0.3) is 0 Å². The number of ether oxygens (including phenoxy) is 2. The molecule has 0 saturated carbocycles. The fourth-order valence-electron chi connectivity index (χ4n) is 2.72. The lowest BCUT2D eigenvalue weighted by Crippen LogP contribution is -2.57. The van der Waals surface area contributed by atoms with Crippen molar-refractivity contribution in [1.82, 2.24) is 4.98 Å². The smallest absolute Gasteiger partial charge is 0.329 e. The first-order chi connectivity index (χ1) is 12.3. The molecule has 26 heavy (non-hydrogen) atoms. The molecule has 3 rings (SSSR count). The van der Waals surface area contributed by atoms with Gasteiger partial charge in [0.25, 0.3) is 5.91 Å². The molecule has 1 aliphatic heterocycles. The fourth-order valence-corrected chi connectivity index (χ4v) is 2.72. The number of pyridine rings is 1. The number of nitrogens with zero attached hydrogens (tertiary/aromatic N) is 2. The van der Waals surface area contributed by atoms with Crippen LogP contribution in [0.3, 0.4) is 0 Å². The molecular formula is C19H21N3O4. The van der Waals surface area contributed by atoms with Gasteiger partial charge in [0, 0.05) is 0 Å². The molecule has 0 bridgehead atoms. The number of aromatic nitrogens is 1. The van der Waals surface area contributed by atoms with E-state index >= 15 is 0 Å². The van der Waals surface area contributed by atoms with Crippen LogP contribution in [-0.2, 0) is 20.9 Å². The Bertz CT molecular complexity index is 836. The van der Waals surface area contributed by atoms with Gasteiger partial charge in [-0.25, -0.2) is 9.78 Å². The first-order valence-electron chi connectivity index (χ1n) is 8.29. The summed E-state index contributed by atoms with van der Waals surface area (Å²) < 4.78 is 11.1. The number of hydrogen-bond acceptors (Lipinski definition) is 6. The molecular weight excluding hydrogens is 334 g/mol. The van der Waals surface area contributed by atoms with Crippen LogP contribution >= 0.6 is 0 Å². The zero-order valence-corrected chi connectivity index (χ0v) is 14.9. The van der Waals surface area contributed by atoms with Crippen molar-refractivity contribution in [2.45, 2.75) is 39.0 Å². The number of nitrogen functional groups attached to an aromatic ring is 1. The molecule has 136 valence electrons. The van der Waals surface area contributed by atoms with Gasteiger partial charge in [-0.2, -0.15) is 0 Å². The quantitative estimate of drug-likeness (QED) is 0.846. The third-order valence-electron chi connectivity index (χ3n) is 4.14. The maximum Gasteiger partial charge on any atom is 0.329 e. The molecule has 1 aromatic carbocycles. The zero-order chi connectivity index (χ0) is 18.9. The average molecular weight is 355 g/mol. The van der Waals surface area contributed by atoms with Gasteiger partial charge in [-0.1, -0.05) is 30.3 Å². The molecule has 0 saturated heterocycles. The molecule has 7 heteroatoms. The van der Waals surface area contributed by atoms with E-state index in [1.54, 1.807) is 32.9 Å². The fraction of sp³-hybridized carbons (Fsp3) is 0.316. The van der Waals surface area contributed by atoms with Crippen LogP contribution in [0.2, 0.25) is 0 Å². The van der Waals surface area contributed by atoms with Crippen LogP contribution < -0.4 is 15.4 Å². The van der Waals surface area contributed by atoms with E-state index in [1.165, 1.54) is 4.90 Å². The normalized spacial score (nSPS) is 16.4. The van der Waals surface area contributed by atoms with E-state index in [0.717, 1.165) is 5.56 Å². The van der Waals surface area contributed by atoms with E-state index in [-0.39, 0.29) is 24.1 Å². The second kappa shape index (κ2) is 6.67. The lowest BCUT2D eigenvalue weighted by molar-refractivity contribution is -0.148. The average Bonchev–Trinajstić information content (AvgIpc) is 2.61. The maximum absolute atomic E-state index is 12.9. The molecule has 1 aliphatic rings. The number of benzene rings is 1. The van der Waals surface area contributed by atoms with E-state index in [4.69, 9.17) is 15.2 Å². The van der Waals surface area contributed by atoms with Crippen molar-refractivity contribution >= 4 is 23.5 Å². The van der Waals surface area contributed by atoms with Crippen molar-refractivity contribution in [1.29, 1.82) is 0 Å². The number of carbonyl (C=O) groups excluding carboxylic acids is 2. The number of carbonyl (C=O) groups is 2. The van der Waals surface area contributed by atoms with Crippen molar-refractivity contribution in [3.05, 3.63) is 48.0 Å². The Hall–Kier alpha value is -3.09. The molecule has 1 unspecified atom stereocenters. The Labute approximate surface area is 151 Å². The summed E-state index contributed by atoms with van der Waals surface area (Å²) in [6.07, 6.45) is 0. The number of rotatable bonds is 4. The highest BCUT2D eigenvalue weighted by molar-refractivity contribution is 6.05. The summed E-state index contributed by atoms with van der Waals surface area (Å²) in [5.74, 6) is -0.0676. The lowest BCUT2D eigenvalue weighted by Gasteiger charge is -2.39. The number of anilines is 2. The first-order valence-corrected chi connectivity index (χ1v) is 8.29. The van der Waals surface area contributed by atoms with E-state index in [0.29, 0.717) is 5.75 Å². The summed E-state index contributed by atoms with van der Waals surface area (Å²) in [4.78, 5) is 30.9. The van der Waals surface area contributed by atoms with Gasteiger partial charge in [-0.05, 0) is 38.5 Å². The molecule has 0 spiro atoms. The highest BCUT2D eigenvalue weighted by Gasteiger charge is 2.45. The van der Waals surface area contributed by atoms with Crippen molar-refractivity contribution in [2.24, 2.45) is 0 Å². The number of amides is 1. The SMILES string of the molecule is CC(C(=O)OCc1ccccc1)N1C(=O)C(C)(C)Oc2ccc(N)nc21. The van der Waals surface area contributed by atoms with E-state index in [9.17, 15) is 9.59 Å². The molecule has 0 radical (unpaired) electrons. The van der Waals surface area contributed by atoms with Crippen LogP contribution in [0.4, 0.5) is 11.6 Å². The van der Waals surface area contributed by atoms with Crippen LogP contribution in [-0.4, -0.2) is 28.5 Å². The Morgan fingerprint density at radius 3 is 2.65 bits per heavy atom. The highest BCUT2D eigenvalue weighted by atomic mass is 16.5. The van der Waals surface area contributed by atoms with Gasteiger partial charge in [0.1, 0.15) is 18.5 Å². The van der Waals surface area contributed by atoms with Gasteiger partial charge in [0.2, 0.25) is 0 Å². The summed E-state index contributed by atoms with van der Waals surface area (Å²) in [7, 11) is 0. The van der Waals surface area contributed by atoms with E-state index in [1.807, 2.05) is 30.3 Å². The molecule has 1 aromatic heterocycles. The predicted molar refractivity (Wildman–Crippen MR) is 96.5 cm³/mol. The van der Waals surface area contributed by atoms with Gasteiger partial charge in [0.15, 0.2) is 17.2 Å².